The van der Waals surface area contributed by atoms with Crippen LogP contribution in [0.15, 0.2) is 18.2 Å². The third-order valence-corrected chi connectivity index (χ3v) is 6.07. The maximum atomic E-state index is 6.15. The van der Waals surface area contributed by atoms with Gasteiger partial charge in [-0.15, -0.1) is 11.3 Å². The van der Waals surface area contributed by atoms with Crippen LogP contribution in [0, 0.1) is 0 Å². The van der Waals surface area contributed by atoms with Gasteiger partial charge >= 0.3 is 0 Å². The van der Waals surface area contributed by atoms with Crippen molar-refractivity contribution in [3.8, 4) is 0 Å². The molecule has 0 bridgehead atoms. The number of para-hydroxylation sites is 1. The Labute approximate surface area is 118 Å². The number of fused-ring (bicyclic) bond motifs is 1. The molecule has 1 heterocycles. The number of hydrogen-bond acceptors (Lipinski definition) is 3. The van der Waals surface area contributed by atoms with Crippen LogP contribution in [0.2, 0.25) is 0 Å². The fourth-order valence-corrected chi connectivity index (χ4v) is 4.70. The average molecular weight is 272 g/mol. The second-order valence-electron chi connectivity index (χ2n) is 6.17. The van der Waals surface area contributed by atoms with Crippen LogP contribution < -0.4 is 5.73 Å². The van der Waals surface area contributed by atoms with Gasteiger partial charge < -0.3 is 5.73 Å². The molecule has 0 unspecified atom stereocenters. The smallest absolute Gasteiger partial charge is 0.0969 e. The van der Waals surface area contributed by atoms with Gasteiger partial charge in [-0.25, -0.2) is 4.98 Å². The SMILES string of the molecule is NCC1(c2cccc3sc(C4CC4)nc23)CCCC1. The molecule has 0 spiro atoms. The van der Waals surface area contributed by atoms with E-state index < -0.39 is 0 Å². The van der Waals surface area contributed by atoms with Crippen molar-refractivity contribution < 1.29 is 0 Å². The molecule has 2 fully saturated rings. The Hall–Kier alpha value is -0.930. The van der Waals surface area contributed by atoms with E-state index in [1.807, 2.05) is 11.3 Å². The van der Waals surface area contributed by atoms with Crippen molar-refractivity contribution in [2.24, 2.45) is 5.73 Å². The molecule has 1 aromatic carbocycles. The van der Waals surface area contributed by atoms with Crippen LogP contribution in [0.1, 0.15) is 55.0 Å². The lowest BCUT2D eigenvalue weighted by molar-refractivity contribution is 0.456. The van der Waals surface area contributed by atoms with E-state index in [0.717, 1.165) is 12.5 Å². The first-order valence-corrected chi connectivity index (χ1v) is 8.24. The monoisotopic (exact) mass is 272 g/mol. The molecule has 3 heteroatoms. The Morgan fingerprint density at radius 2 is 2.05 bits per heavy atom. The Morgan fingerprint density at radius 3 is 2.74 bits per heavy atom. The Kier molecular flexibility index (Phi) is 2.68. The molecule has 0 amide bonds. The molecule has 2 aliphatic rings. The highest BCUT2D eigenvalue weighted by Crippen LogP contribution is 2.47. The van der Waals surface area contributed by atoms with Crippen molar-refractivity contribution in [3.05, 3.63) is 28.8 Å². The zero-order valence-electron chi connectivity index (χ0n) is 11.2. The highest BCUT2D eigenvalue weighted by molar-refractivity contribution is 7.18. The molecule has 2 nitrogen and oxygen atoms in total. The molecule has 4 rings (SSSR count). The number of rotatable bonds is 3. The van der Waals surface area contributed by atoms with Crippen LogP contribution >= 0.6 is 11.3 Å². The van der Waals surface area contributed by atoms with Crippen molar-refractivity contribution in [2.45, 2.75) is 49.9 Å². The first-order valence-electron chi connectivity index (χ1n) is 7.42. The van der Waals surface area contributed by atoms with Crippen LogP contribution in [0.25, 0.3) is 10.2 Å². The van der Waals surface area contributed by atoms with Crippen molar-refractivity contribution >= 4 is 21.6 Å². The summed E-state index contributed by atoms with van der Waals surface area (Å²) in [6.45, 7) is 0.766. The van der Waals surface area contributed by atoms with Gasteiger partial charge in [-0.05, 0) is 37.3 Å². The minimum atomic E-state index is 0.203. The lowest BCUT2D eigenvalue weighted by atomic mass is 9.78. The Balaban J connectivity index is 1.88. The van der Waals surface area contributed by atoms with Gasteiger partial charge in [0.05, 0.1) is 15.2 Å². The number of aromatic nitrogens is 1. The molecular weight excluding hydrogens is 252 g/mol. The molecule has 100 valence electrons. The summed E-state index contributed by atoms with van der Waals surface area (Å²) in [4.78, 5) is 4.98. The lowest BCUT2D eigenvalue weighted by Crippen LogP contribution is -2.32. The van der Waals surface area contributed by atoms with Crippen LogP contribution in [-0.4, -0.2) is 11.5 Å². The summed E-state index contributed by atoms with van der Waals surface area (Å²) in [7, 11) is 0. The molecule has 1 aromatic heterocycles. The van der Waals surface area contributed by atoms with Gasteiger partial charge in [0.1, 0.15) is 0 Å². The molecule has 2 N–H and O–H groups in total. The van der Waals surface area contributed by atoms with Crippen molar-refractivity contribution in [1.82, 2.24) is 4.98 Å². The third-order valence-electron chi connectivity index (χ3n) is 4.88. The fraction of sp³-hybridized carbons (Fsp3) is 0.562. The highest BCUT2D eigenvalue weighted by Gasteiger charge is 2.36. The summed E-state index contributed by atoms with van der Waals surface area (Å²) in [5.74, 6) is 0.752. The van der Waals surface area contributed by atoms with Crippen LogP contribution in [0.4, 0.5) is 0 Å². The highest BCUT2D eigenvalue weighted by atomic mass is 32.1. The number of hydrogen-bond donors (Lipinski definition) is 1. The summed E-state index contributed by atoms with van der Waals surface area (Å²) in [5.41, 5.74) is 9.03. The number of benzene rings is 1. The molecule has 0 aliphatic heterocycles. The van der Waals surface area contributed by atoms with Gasteiger partial charge in [-0.2, -0.15) is 0 Å². The van der Waals surface area contributed by atoms with Gasteiger partial charge in [0.2, 0.25) is 0 Å². The molecule has 2 saturated carbocycles. The molecule has 2 aliphatic carbocycles. The first kappa shape index (κ1) is 11.9. The largest absolute Gasteiger partial charge is 0.330 e. The zero-order chi connectivity index (χ0) is 12.9. The van der Waals surface area contributed by atoms with Crippen molar-refractivity contribution in [3.63, 3.8) is 0 Å². The normalized spacial score (nSPS) is 22.2. The summed E-state index contributed by atoms with van der Waals surface area (Å²) in [6.07, 6.45) is 7.76. The van der Waals surface area contributed by atoms with Crippen LogP contribution in [0.3, 0.4) is 0 Å². The quantitative estimate of drug-likeness (QED) is 0.919. The van der Waals surface area contributed by atoms with Gasteiger partial charge in [-0.1, -0.05) is 25.0 Å². The number of thiazole rings is 1. The van der Waals surface area contributed by atoms with Gasteiger partial charge in [-0.3, -0.25) is 0 Å². The minimum absolute atomic E-state index is 0.203. The van der Waals surface area contributed by atoms with Crippen LogP contribution in [0.5, 0.6) is 0 Å². The summed E-state index contributed by atoms with van der Waals surface area (Å²) in [5, 5.41) is 1.35. The summed E-state index contributed by atoms with van der Waals surface area (Å²) >= 11 is 1.90. The second kappa shape index (κ2) is 4.29. The molecule has 0 atom stereocenters. The Bertz CT molecular complexity index is 606. The van der Waals surface area contributed by atoms with Crippen molar-refractivity contribution in [2.75, 3.05) is 6.54 Å². The van der Waals surface area contributed by atoms with Crippen molar-refractivity contribution in [1.29, 1.82) is 0 Å². The molecule has 0 saturated heterocycles. The molecular formula is C16H20N2S. The maximum absolute atomic E-state index is 6.15. The van der Waals surface area contributed by atoms with Gasteiger partial charge in [0, 0.05) is 17.9 Å². The summed E-state index contributed by atoms with van der Waals surface area (Å²) in [6, 6.07) is 6.70. The average Bonchev–Trinajstić information content (AvgIpc) is 3.03. The van der Waals surface area contributed by atoms with E-state index >= 15 is 0 Å². The molecule has 2 aromatic rings. The standard InChI is InChI=1S/C16H20N2S/c17-10-16(8-1-2-9-16)12-4-3-5-13-14(12)18-15(19-13)11-6-7-11/h3-5,11H,1-2,6-10,17H2. The zero-order valence-corrected chi connectivity index (χ0v) is 12.0. The maximum Gasteiger partial charge on any atom is 0.0969 e. The number of nitrogens with two attached hydrogens (primary N) is 1. The number of nitrogens with zero attached hydrogens (tertiary/aromatic N) is 1. The molecule has 19 heavy (non-hydrogen) atoms. The van der Waals surface area contributed by atoms with E-state index in [1.165, 1.54) is 59.3 Å². The predicted octanol–water partition coefficient (Wildman–Crippen LogP) is 3.94. The van der Waals surface area contributed by atoms with E-state index in [9.17, 15) is 0 Å². The Morgan fingerprint density at radius 1 is 1.26 bits per heavy atom. The van der Waals surface area contributed by atoms with E-state index in [2.05, 4.69) is 18.2 Å². The van der Waals surface area contributed by atoms with E-state index in [4.69, 9.17) is 10.7 Å². The summed E-state index contributed by atoms with van der Waals surface area (Å²) < 4.78 is 1.36. The van der Waals surface area contributed by atoms with E-state index in [1.54, 1.807) is 0 Å². The van der Waals surface area contributed by atoms with E-state index in [0.29, 0.717) is 0 Å². The predicted molar refractivity (Wildman–Crippen MR) is 80.8 cm³/mol. The van der Waals surface area contributed by atoms with Gasteiger partial charge in [0.15, 0.2) is 0 Å². The third kappa shape index (κ3) is 1.83. The fourth-order valence-electron chi connectivity index (χ4n) is 3.53. The molecule has 0 radical (unpaired) electrons. The van der Waals surface area contributed by atoms with Crippen LogP contribution in [-0.2, 0) is 5.41 Å². The topological polar surface area (TPSA) is 38.9 Å². The first-order chi connectivity index (χ1) is 9.32. The van der Waals surface area contributed by atoms with E-state index in [-0.39, 0.29) is 5.41 Å². The van der Waals surface area contributed by atoms with Gasteiger partial charge in [0.25, 0.3) is 0 Å². The second-order valence-corrected chi connectivity index (χ2v) is 7.23. The lowest BCUT2D eigenvalue weighted by Gasteiger charge is -2.28. The minimum Gasteiger partial charge on any atom is -0.330 e.